The molecule has 0 bridgehead atoms. The van der Waals surface area contributed by atoms with Crippen LogP contribution in [0.3, 0.4) is 0 Å². The van der Waals surface area contributed by atoms with Crippen molar-refractivity contribution in [2.24, 2.45) is 0 Å². The third kappa shape index (κ3) is 2.49. The van der Waals surface area contributed by atoms with Crippen molar-refractivity contribution in [1.29, 1.82) is 5.26 Å². The third-order valence-electron chi connectivity index (χ3n) is 4.75. The Morgan fingerprint density at radius 2 is 1.81 bits per heavy atom. The van der Waals surface area contributed by atoms with Gasteiger partial charge in [0, 0.05) is 16.7 Å². The first-order valence-electron chi connectivity index (χ1n) is 8.71. The van der Waals surface area contributed by atoms with E-state index in [1.54, 1.807) is 12.1 Å². The zero-order valence-corrected chi connectivity index (χ0v) is 14.5. The number of para-hydroxylation sites is 1. The topological polar surface area (TPSA) is 66.1 Å². The van der Waals surface area contributed by atoms with Crippen molar-refractivity contribution in [1.82, 2.24) is 4.98 Å². The van der Waals surface area contributed by atoms with Gasteiger partial charge in [0.1, 0.15) is 17.4 Å². The summed E-state index contributed by atoms with van der Waals surface area (Å²) in [4.78, 5) is 4.70. The van der Waals surface area contributed by atoms with Crippen molar-refractivity contribution in [2.75, 3.05) is 6.61 Å². The molecule has 1 aliphatic carbocycles. The molecule has 1 N–H and O–H groups in total. The van der Waals surface area contributed by atoms with Crippen LogP contribution < -0.4 is 4.74 Å². The van der Waals surface area contributed by atoms with E-state index >= 15 is 0 Å². The number of nitrogens with zero attached hydrogens (tertiary/aromatic N) is 2. The third-order valence-corrected chi connectivity index (χ3v) is 4.75. The molecule has 1 aromatic heterocycles. The van der Waals surface area contributed by atoms with E-state index in [4.69, 9.17) is 9.72 Å². The van der Waals surface area contributed by atoms with Crippen molar-refractivity contribution < 1.29 is 9.84 Å². The van der Waals surface area contributed by atoms with Gasteiger partial charge in [0.15, 0.2) is 0 Å². The Hall–Kier alpha value is -3.32. The van der Waals surface area contributed by atoms with E-state index in [9.17, 15) is 10.4 Å². The fraction of sp³-hybridized carbons (Fsp3) is 0.182. The van der Waals surface area contributed by atoms with Gasteiger partial charge in [0.05, 0.1) is 12.3 Å². The molecule has 0 unspecified atom stereocenters. The smallest absolute Gasteiger partial charge is 0.232 e. The van der Waals surface area contributed by atoms with E-state index in [0.717, 1.165) is 35.2 Å². The number of hydrogen-bond donors (Lipinski definition) is 1. The monoisotopic (exact) mass is 342 g/mol. The number of phenolic OH excluding ortho intramolecular Hbond substituents is 1. The van der Waals surface area contributed by atoms with Crippen LogP contribution in [0.15, 0.2) is 48.5 Å². The number of aromatic hydroxyl groups is 1. The number of rotatable bonds is 3. The summed E-state index contributed by atoms with van der Waals surface area (Å²) in [7, 11) is 0. The van der Waals surface area contributed by atoms with Crippen LogP contribution in [0.25, 0.3) is 22.4 Å². The fourth-order valence-electron chi connectivity index (χ4n) is 3.62. The van der Waals surface area contributed by atoms with Gasteiger partial charge in [-0.3, -0.25) is 0 Å². The molecular formula is C22H18N2O2. The van der Waals surface area contributed by atoms with E-state index in [1.807, 2.05) is 31.2 Å². The quantitative estimate of drug-likeness (QED) is 0.761. The van der Waals surface area contributed by atoms with Crippen LogP contribution in [0.2, 0.25) is 0 Å². The first-order chi connectivity index (χ1) is 12.7. The summed E-state index contributed by atoms with van der Waals surface area (Å²) < 4.78 is 5.70. The summed E-state index contributed by atoms with van der Waals surface area (Å²) in [5.41, 5.74) is 5.89. The van der Waals surface area contributed by atoms with Gasteiger partial charge in [0.2, 0.25) is 5.88 Å². The summed E-state index contributed by atoms with van der Waals surface area (Å²) in [6.45, 7) is 2.29. The van der Waals surface area contributed by atoms with Gasteiger partial charge >= 0.3 is 0 Å². The second-order valence-electron chi connectivity index (χ2n) is 6.21. The molecule has 0 saturated carbocycles. The number of hydrogen-bond acceptors (Lipinski definition) is 4. The SMILES string of the molecule is CCOc1nc2c(c(-c3ccccc3O)c1C#N)CCc1ccccc1-2. The molecule has 0 aliphatic heterocycles. The molecule has 0 atom stereocenters. The van der Waals surface area contributed by atoms with E-state index in [-0.39, 0.29) is 5.75 Å². The van der Waals surface area contributed by atoms with Crippen LogP contribution >= 0.6 is 0 Å². The highest BCUT2D eigenvalue weighted by Crippen LogP contribution is 2.44. The second kappa shape index (κ2) is 6.53. The molecule has 1 heterocycles. The number of ether oxygens (including phenoxy) is 1. The maximum Gasteiger partial charge on any atom is 0.232 e. The lowest BCUT2D eigenvalue weighted by molar-refractivity contribution is 0.326. The summed E-state index contributed by atoms with van der Waals surface area (Å²) in [6, 6.07) is 17.5. The maximum atomic E-state index is 10.4. The normalized spacial score (nSPS) is 12.0. The highest BCUT2D eigenvalue weighted by Gasteiger charge is 2.27. The Morgan fingerprint density at radius 1 is 1.08 bits per heavy atom. The summed E-state index contributed by atoms with van der Waals surface area (Å²) in [6.07, 6.45) is 1.65. The lowest BCUT2D eigenvalue weighted by Crippen LogP contribution is -2.11. The minimum atomic E-state index is 0.152. The molecule has 0 amide bonds. The summed E-state index contributed by atoms with van der Waals surface area (Å²) in [5.74, 6) is 0.474. The number of benzene rings is 2. The van der Waals surface area contributed by atoms with Crippen molar-refractivity contribution in [3.63, 3.8) is 0 Å². The number of pyridine rings is 1. The van der Waals surface area contributed by atoms with Gasteiger partial charge in [-0.2, -0.15) is 5.26 Å². The average Bonchev–Trinajstić information content (AvgIpc) is 2.67. The molecule has 4 rings (SSSR count). The van der Waals surface area contributed by atoms with Gasteiger partial charge in [-0.15, -0.1) is 0 Å². The van der Waals surface area contributed by atoms with Gasteiger partial charge in [-0.05, 0) is 37.0 Å². The largest absolute Gasteiger partial charge is 0.507 e. The molecule has 4 nitrogen and oxygen atoms in total. The van der Waals surface area contributed by atoms with Crippen LogP contribution in [-0.4, -0.2) is 16.7 Å². The molecule has 26 heavy (non-hydrogen) atoms. The van der Waals surface area contributed by atoms with Crippen molar-refractivity contribution in [2.45, 2.75) is 19.8 Å². The molecular weight excluding hydrogens is 324 g/mol. The predicted molar refractivity (Wildman–Crippen MR) is 100 cm³/mol. The van der Waals surface area contributed by atoms with E-state index in [0.29, 0.717) is 23.6 Å². The van der Waals surface area contributed by atoms with Crippen molar-refractivity contribution in [3.8, 4) is 40.1 Å². The molecule has 2 aromatic carbocycles. The van der Waals surface area contributed by atoms with Crippen LogP contribution in [-0.2, 0) is 12.8 Å². The Morgan fingerprint density at radius 3 is 2.54 bits per heavy atom. The minimum absolute atomic E-state index is 0.152. The number of nitriles is 1. The minimum Gasteiger partial charge on any atom is -0.507 e. The zero-order valence-electron chi connectivity index (χ0n) is 14.5. The van der Waals surface area contributed by atoms with Crippen LogP contribution in [0, 0.1) is 11.3 Å². The number of phenols is 1. The van der Waals surface area contributed by atoms with Crippen molar-refractivity contribution >= 4 is 0 Å². The Kier molecular flexibility index (Phi) is 4.06. The van der Waals surface area contributed by atoms with Crippen LogP contribution in [0.1, 0.15) is 23.6 Å². The summed E-state index contributed by atoms with van der Waals surface area (Å²) in [5, 5.41) is 20.3. The molecule has 0 spiro atoms. The lowest BCUT2D eigenvalue weighted by atomic mass is 9.83. The average molecular weight is 342 g/mol. The lowest BCUT2D eigenvalue weighted by Gasteiger charge is -2.24. The molecule has 128 valence electrons. The molecule has 0 saturated heterocycles. The number of fused-ring (bicyclic) bond motifs is 3. The number of aryl methyl sites for hydroxylation is 1. The summed E-state index contributed by atoms with van der Waals surface area (Å²) >= 11 is 0. The highest BCUT2D eigenvalue weighted by molar-refractivity contribution is 5.86. The molecule has 1 aliphatic rings. The number of aromatic nitrogens is 1. The van der Waals surface area contributed by atoms with Crippen LogP contribution in [0.5, 0.6) is 11.6 Å². The molecule has 4 heteroatoms. The highest BCUT2D eigenvalue weighted by atomic mass is 16.5. The molecule has 0 radical (unpaired) electrons. The van der Waals surface area contributed by atoms with Gasteiger partial charge in [-0.1, -0.05) is 42.5 Å². The Balaban J connectivity index is 2.10. The van der Waals surface area contributed by atoms with Gasteiger partial charge in [0.25, 0.3) is 0 Å². The van der Waals surface area contributed by atoms with E-state index in [1.165, 1.54) is 5.56 Å². The molecule has 0 fully saturated rings. The predicted octanol–water partition coefficient (Wildman–Crippen LogP) is 4.49. The van der Waals surface area contributed by atoms with Gasteiger partial charge in [-0.25, -0.2) is 4.98 Å². The van der Waals surface area contributed by atoms with Crippen LogP contribution in [0.4, 0.5) is 0 Å². The maximum absolute atomic E-state index is 10.4. The van der Waals surface area contributed by atoms with Crippen molar-refractivity contribution in [3.05, 3.63) is 65.2 Å². The van der Waals surface area contributed by atoms with E-state index < -0.39 is 0 Å². The fourth-order valence-corrected chi connectivity index (χ4v) is 3.62. The Labute approximate surface area is 152 Å². The van der Waals surface area contributed by atoms with Gasteiger partial charge < -0.3 is 9.84 Å². The zero-order chi connectivity index (χ0) is 18.1. The van der Waals surface area contributed by atoms with E-state index in [2.05, 4.69) is 18.2 Å². The Bertz CT molecular complexity index is 1030. The standard InChI is InChI=1S/C22H18N2O2/c1-2-26-22-18(13-23)20(16-9-5-6-10-19(16)25)17-12-11-14-7-3-4-8-15(14)21(17)24-22/h3-10,25H,2,11-12H2,1H3. The second-order valence-corrected chi connectivity index (χ2v) is 6.21. The first kappa shape index (κ1) is 16.2. The molecule has 3 aromatic rings. The first-order valence-corrected chi connectivity index (χ1v) is 8.71.